The van der Waals surface area contributed by atoms with E-state index in [4.69, 9.17) is 61.6 Å². The van der Waals surface area contributed by atoms with E-state index in [2.05, 4.69) is 27.7 Å². The van der Waals surface area contributed by atoms with Crippen molar-refractivity contribution < 1.29 is 148 Å². The highest BCUT2D eigenvalue weighted by Gasteiger charge is 2.73. The van der Waals surface area contributed by atoms with Crippen molar-refractivity contribution in [2.45, 2.75) is 264 Å². The van der Waals surface area contributed by atoms with E-state index in [0.29, 0.717) is 25.4 Å². The van der Waals surface area contributed by atoms with Crippen molar-refractivity contribution in [3.63, 3.8) is 0 Å². The zero-order chi connectivity index (χ0) is 63.4. The van der Waals surface area contributed by atoms with E-state index in [1.807, 2.05) is 0 Å². The summed E-state index contributed by atoms with van der Waals surface area (Å²) in [7, 11) is 0. The van der Waals surface area contributed by atoms with Gasteiger partial charge in [-0.3, -0.25) is 4.79 Å². The lowest BCUT2D eigenvalue weighted by atomic mass is 9.44. The molecule has 1 spiro atoms. The first kappa shape index (κ1) is 67.8. The monoisotopic (exact) mass is 1270 g/mol. The van der Waals surface area contributed by atoms with Gasteiger partial charge in [0, 0.05) is 25.2 Å². The summed E-state index contributed by atoms with van der Waals surface area (Å²) in [6.07, 6.45) is -43.0. The molecule has 506 valence electrons. The Labute approximate surface area is 508 Å². The minimum atomic E-state index is -2.24. The van der Waals surface area contributed by atoms with Gasteiger partial charge in [-0.15, -0.1) is 0 Å². The Morgan fingerprint density at radius 2 is 1.10 bits per heavy atom. The van der Waals surface area contributed by atoms with Gasteiger partial charge in [0.25, 0.3) is 0 Å². The first-order valence-corrected chi connectivity index (χ1v) is 31.3. The van der Waals surface area contributed by atoms with Crippen LogP contribution in [0.1, 0.15) is 86.0 Å². The van der Waals surface area contributed by atoms with Crippen LogP contribution in [-0.2, 0) is 66.4 Å². The second-order valence-electron chi connectivity index (χ2n) is 27.6. The fourth-order valence-corrected chi connectivity index (χ4v) is 17.6. The molecule has 88 heavy (non-hydrogen) atoms. The quantitative estimate of drug-likeness (QED) is 0.0536. The van der Waals surface area contributed by atoms with Crippen LogP contribution >= 0.6 is 0 Å². The molecule has 7 saturated heterocycles. The Morgan fingerprint density at radius 1 is 0.511 bits per heavy atom. The van der Waals surface area contributed by atoms with Crippen molar-refractivity contribution in [3.05, 3.63) is 0 Å². The SMILES string of the molecule is CC(=O)OC[C@H]1O[C@@H](O[C@H]2[C@@H](O)[C@@H](CO)O[C@@H](O[C@H]3[C@H](O[C@@H]4[C@H](O)[C@@H](O)[C@H](O[C@@H]5C[C@@H]6CC[C@H]7[C@@H]8[C@H](O)[C@@H]9O[C@@]%10(CC[C@@H](C)CO%10)[C@@H](C)[C@@H]9[C@@]8(C)CC[C@@H]7[C@@]6(C)C[C@H]5O)O[C@@H]4CO)O[C@H](CO)[C@@H](O)[C@@H]3O[C@@H]3OC[C@@H](O)[C@H](O)[C@H]3O)[C@@H]2O)[C@H](O)[C@@H](O)[C@@H]1O. The molecule has 0 aromatic rings. The van der Waals surface area contributed by atoms with E-state index >= 15 is 0 Å². The Balaban J connectivity index is 0.797. The van der Waals surface area contributed by atoms with Crippen LogP contribution in [0.4, 0.5) is 0 Å². The van der Waals surface area contributed by atoms with Crippen LogP contribution in [-0.4, -0.2) is 305 Å². The zero-order valence-corrected chi connectivity index (χ0v) is 50.0. The van der Waals surface area contributed by atoms with Crippen molar-refractivity contribution in [2.75, 3.05) is 39.6 Å². The van der Waals surface area contributed by atoms with Gasteiger partial charge >= 0.3 is 5.97 Å². The van der Waals surface area contributed by atoms with Crippen molar-refractivity contribution in [3.8, 4) is 0 Å². The van der Waals surface area contributed by atoms with Crippen LogP contribution in [0, 0.1) is 52.3 Å². The number of rotatable bonds is 15. The molecule has 0 bridgehead atoms. The van der Waals surface area contributed by atoms with Crippen LogP contribution < -0.4 is 0 Å². The smallest absolute Gasteiger partial charge is 0.302 e. The third-order valence-electron chi connectivity index (χ3n) is 22.4. The molecule has 30 nitrogen and oxygen atoms in total. The predicted molar refractivity (Wildman–Crippen MR) is 287 cm³/mol. The summed E-state index contributed by atoms with van der Waals surface area (Å²) in [4.78, 5) is 11.6. The largest absolute Gasteiger partial charge is 0.463 e. The summed E-state index contributed by atoms with van der Waals surface area (Å²) >= 11 is 0. The summed E-state index contributed by atoms with van der Waals surface area (Å²) in [6, 6.07) is 0. The zero-order valence-electron chi connectivity index (χ0n) is 50.0. The lowest BCUT2D eigenvalue weighted by molar-refractivity contribution is -0.410. The van der Waals surface area contributed by atoms with E-state index in [9.17, 15) is 86.5 Å². The third-order valence-corrected chi connectivity index (χ3v) is 22.4. The molecule has 0 radical (unpaired) electrons. The summed E-state index contributed by atoms with van der Waals surface area (Å²) < 4.78 is 78.1. The van der Waals surface area contributed by atoms with Gasteiger partial charge in [-0.1, -0.05) is 27.7 Å². The van der Waals surface area contributed by atoms with E-state index in [1.165, 1.54) is 0 Å². The summed E-state index contributed by atoms with van der Waals surface area (Å²) in [5.74, 6) is -0.446. The second kappa shape index (κ2) is 26.5. The van der Waals surface area contributed by atoms with Crippen LogP contribution in [0.25, 0.3) is 0 Å². The maximum absolute atomic E-state index is 12.3. The number of hydrogen-bond donors (Lipinski definition) is 16. The van der Waals surface area contributed by atoms with Gasteiger partial charge in [0.15, 0.2) is 37.2 Å². The molecule has 30 heteroatoms. The number of ether oxygens (including phenoxy) is 13. The molecule has 11 rings (SSSR count). The normalized spacial score (nSPS) is 56.4. The standard InChI is InChI=1S/C58H94O30/c1-20-8-11-58(78-17-20)21(2)33-47(88-58)39(69)34-24-7-6-23-12-28(26(63)13-57(23,5)25(24)9-10-56(33,34)4)79-52-44(74)41(71)46(31(16-61)82-52)84-55-50(49(38(68)30(15-60)81-55)86-51-42(72)35(65)27(64)18-77-51)87-54-45(75)48(37(67)29(14-59)80-54)85-53-43(73)40(70)36(66)32(83-53)19-76-22(3)62/h20-21,23-55,59-61,63-75H,6-19H2,1-5H3/t20-,21+,23+,24-,25+,26-,27-,28-,29-,30-,31-,32-,33+,34-,35+,36-,37+,38-,39+,40+,41-,42-,43-,44-,45-,46+,47-,48+,49+,50-,51+,52-,53+,54+,55+,56-,57+,58+/m1/s1. The molecule has 0 aromatic heterocycles. The number of hydrogen-bond acceptors (Lipinski definition) is 30. The van der Waals surface area contributed by atoms with Crippen LogP contribution in [0.5, 0.6) is 0 Å². The molecule has 11 aliphatic rings. The highest BCUT2D eigenvalue weighted by Crippen LogP contribution is 2.71. The fourth-order valence-electron chi connectivity index (χ4n) is 17.6. The Hall–Kier alpha value is -1.65. The minimum absolute atomic E-state index is 0.0127. The maximum Gasteiger partial charge on any atom is 0.302 e. The van der Waals surface area contributed by atoms with Gasteiger partial charge in [-0.2, -0.15) is 0 Å². The van der Waals surface area contributed by atoms with Gasteiger partial charge in [0.05, 0.1) is 57.5 Å². The Bertz CT molecular complexity index is 2340. The molecular weight excluding hydrogens is 1180 g/mol. The molecule has 4 saturated carbocycles. The van der Waals surface area contributed by atoms with Crippen molar-refractivity contribution >= 4 is 5.97 Å². The van der Waals surface area contributed by atoms with Gasteiger partial charge in [-0.25, -0.2) is 0 Å². The van der Waals surface area contributed by atoms with Gasteiger partial charge in [0.1, 0.15) is 123 Å². The second-order valence-corrected chi connectivity index (χ2v) is 27.6. The topological polar surface area (TPSA) is 461 Å². The van der Waals surface area contributed by atoms with E-state index < -0.39 is 211 Å². The minimum Gasteiger partial charge on any atom is -0.463 e. The maximum atomic E-state index is 12.3. The highest BCUT2D eigenvalue weighted by molar-refractivity contribution is 5.65. The molecule has 0 aromatic carbocycles. The number of carbonyl (C=O) groups is 1. The van der Waals surface area contributed by atoms with Crippen LogP contribution in [0.2, 0.25) is 0 Å². The average Bonchev–Trinajstić information content (AvgIpc) is 1.56. The molecular formula is C58H94O30. The molecule has 38 atom stereocenters. The number of esters is 1. The predicted octanol–water partition coefficient (Wildman–Crippen LogP) is -5.93. The highest BCUT2D eigenvalue weighted by atomic mass is 16.8. The van der Waals surface area contributed by atoms with Crippen LogP contribution in [0.15, 0.2) is 0 Å². The third kappa shape index (κ3) is 12.0. The molecule has 7 aliphatic heterocycles. The van der Waals surface area contributed by atoms with E-state index in [1.54, 1.807) is 0 Å². The molecule has 11 fully saturated rings. The van der Waals surface area contributed by atoms with Crippen molar-refractivity contribution in [2.24, 2.45) is 52.3 Å². The molecule has 0 unspecified atom stereocenters. The number of fused-ring (bicyclic) bond motifs is 7. The van der Waals surface area contributed by atoms with Crippen LogP contribution in [0.3, 0.4) is 0 Å². The summed E-state index contributed by atoms with van der Waals surface area (Å²) in [6.45, 7) is 6.45. The Morgan fingerprint density at radius 3 is 1.77 bits per heavy atom. The van der Waals surface area contributed by atoms with Crippen molar-refractivity contribution in [1.82, 2.24) is 0 Å². The van der Waals surface area contributed by atoms with E-state index in [0.717, 1.165) is 45.4 Å². The van der Waals surface area contributed by atoms with Crippen molar-refractivity contribution in [1.29, 1.82) is 0 Å². The van der Waals surface area contributed by atoms with Gasteiger partial charge in [0.2, 0.25) is 0 Å². The average molecular weight is 1270 g/mol. The lowest BCUT2D eigenvalue weighted by Gasteiger charge is -2.62. The summed E-state index contributed by atoms with van der Waals surface area (Å²) in [5, 5.41) is 179. The Kier molecular flexibility index (Phi) is 20.4. The lowest BCUT2D eigenvalue weighted by Crippen LogP contribution is -2.69. The molecule has 16 N–H and O–H groups in total. The first-order valence-electron chi connectivity index (χ1n) is 31.3. The number of aliphatic hydroxyl groups is 16. The molecule has 7 heterocycles. The van der Waals surface area contributed by atoms with E-state index in [-0.39, 0.29) is 52.4 Å². The molecule has 4 aliphatic carbocycles. The van der Waals surface area contributed by atoms with Gasteiger partial charge < -0.3 is 143 Å². The molecule has 0 amide bonds. The summed E-state index contributed by atoms with van der Waals surface area (Å²) in [5.41, 5.74) is -0.543. The first-order chi connectivity index (χ1) is 41.7. The fraction of sp³-hybridized carbons (Fsp3) is 0.983. The van der Waals surface area contributed by atoms with Gasteiger partial charge in [-0.05, 0) is 85.4 Å². The number of carbonyl (C=O) groups excluding carboxylic acids is 1. The number of aliphatic hydroxyl groups excluding tert-OH is 16.